The van der Waals surface area contributed by atoms with E-state index in [9.17, 15) is 14.4 Å². The van der Waals surface area contributed by atoms with Crippen LogP contribution in [0.3, 0.4) is 0 Å². The van der Waals surface area contributed by atoms with Gasteiger partial charge in [-0.25, -0.2) is 0 Å². The minimum Gasteiger partial charge on any atom is -0.480 e. The standard InChI is InChI=1S/C11H13N3O5S/c1-18-8(15)5-13-10(16)11(17)14-7-4-3-6(20-7)9(12)19-2/h3-4,12H,5H2,1-2H3,(H,13,16)(H,14,17). The SMILES string of the molecule is COC(=N)c1ccc(NC(=O)C(=O)NCC(=O)OC)s1. The second kappa shape index (κ2) is 7.24. The molecule has 0 unspecified atom stereocenters. The van der Waals surface area contributed by atoms with Gasteiger partial charge in [-0.15, -0.1) is 11.3 Å². The van der Waals surface area contributed by atoms with Crippen molar-refractivity contribution in [2.45, 2.75) is 0 Å². The highest BCUT2D eigenvalue weighted by Crippen LogP contribution is 2.22. The van der Waals surface area contributed by atoms with E-state index < -0.39 is 17.8 Å². The lowest BCUT2D eigenvalue weighted by Gasteiger charge is -2.03. The number of carbonyl (C=O) groups is 3. The minimum atomic E-state index is -0.952. The van der Waals surface area contributed by atoms with E-state index in [2.05, 4.69) is 15.4 Å². The lowest BCUT2D eigenvalue weighted by molar-refractivity contribution is -0.142. The average molecular weight is 299 g/mol. The largest absolute Gasteiger partial charge is 0.480 e. The number of esters is 1. The van der Waals surface area contributed by atoms with Crippen molar-refractivity contribution in [3.63, 3.8) is 0 Å². The van der Waals surface area contributed by atoms with Crippen molar-refractivity contribution in [3.8, 4) is 0 Å². The number of anilines is 1. The molecule has 0 saturated carbocycles. The number of amides is 2. The van der Waals surface area contributed by atoms with E-state index in [0.29, 0.717) is 9.88 Å². The first kappa shape index (κ1) is 15.6. The van der Waals surface area contributed by atoms with Gasteiger partial charge in [-0.3, -0.25) is 19.8 Å². The molecule has 9 heteroatoms. The molecule has 0 aliphatic heterocycles. The Bertz CT molecular complexity index is 540. The molecule has 20 heavy (non-hydrogen) atoms. The van der Waals surface area contributed by atoms with E-state index in [-0.39, 0.29) is 12.4 Å². The van der Waals surface area contributed by atoms with E-state index in [1.165, 1.54) is 14.2 Å². The molecular formula is C11H13N3O5S. The Morgan fingerprint density at radius 2 is 1.90 bits per heavy atom. The van der Waals surface area contributed by atoms with Crippen molar-refractivity contribution < 1.29 is 23.9 Å². The van der Waals surface area contributed by atoms with Gasteiger partial charge in [0, 0.05) is 0 Å². The number of carbonyl (C=O) groups excluding carboxylic acids is 3. The van der Waals surface area contributed by atoms with Crippen LogP contribution in [0.15, 0.2) is 12.1 Å². The van der Waals surface area contributed by atoms with Gasteiger partial charge in [0.2, 0.25) is 5.90 Å². The predicted molar refractivity (Wildman–Crippen MR) is 71.8 cm³/mol. The van der Waals surface area contributed by atoms with Crippen molar-refractivity contribution in [1.29, 1.82) is 5.41 Å². The van der Waals surface area contributed by atoms with E-state index in [4.69, 9.17) is 10.1 Å². The highest BCUT2D eigenvalue weighted by atomic mass is 32.1. The third-order valence-corrected chi connectivity index (χ3v) is 3.10. The van der Waals surface area contributed by atoms with E-state index >= 15 is 0 Å². The van der Waals surface area contributed by atoms with Crippen LogP contribution in [-0.2, 0) is 23.9 Å². The molecule has 1 heterocycles. The van der Waals surface area contributed by atoms with Crippen LogP contribution in [0.25, 0.3) is 0 Å². The maximum absolute atomic E-state index is 11.5. The molecule has 8 nitrogen and oxygen atoms in total. The van der Waals surface area contributed by atoms with Gasteiger partial charge in [-0.1, -0.05) is 0 Å². The zero-order chi connectivity index (χ0) is 15.1. The highest BCUT2D eigenvalue weighted by Gasteiger charge is 2.16. The molecule has 2 amide bonds. The van der Waals surface area contributed by atoms with E-state index in [1.54, 1.807) is 12.1 Å². The van der Waals surface area contributed by atoms with Gasteiger partial charge in [0.05, 0.1) is 24.1 Å². The summed E-state index contributed by atoms with van der Waals surface area (Å²) < 4.78 is 9.05. The normalized spacial score (nSPS) is 9.50. The molecule has 108 valence electrons. The Balaban J connectivity index is 2.53. The number of ether oxygens (including phenoxy) is 2. The topological polar surface area (TPSA) is 118 Å². The first-order chi connectivity index (χ1) is 9.47. The number of hydrogen-bond donors (Lipinski definition) is 3. The Kier molecular flexibility index (Phi) is 5.66. The second-order valence-corrected chi connectivity index (χ2v) is 4.49. The molecule has 0 aliphatic rings. The van der Waals surface area contributed by atoms with Crippen molar-refractivity contribution in [3.05, 3.63) is 17.0 Å². The number of hydrogen-bond acceptors (Lipinski definition) is 7. The summed E-state index contributed by atoms with van der Waals surface area (Å²) in [5.41, 5.74) is 0. The van der Waals surface area contributed by atoms with Crippen molar-refractivity contribution in [1.82, 2.24) is 5.32 Å². The third kappa shape index (κ3) is 4.35. The van der Waals surface area contributed by atoms with Crippen LogP contribution in [0.2, 0.25) is 0 Å². The molecule has 0 saturated heterocycles. The molecule has 0 bridgehead atoms. The molecule has 1 aromatic rings. The van der Waals surface area contributed by atoms with Gasteiger partial charge in [0.1, 0.15) is 6.54 Å². The smallest absolute Gasteiger partial charge is 0.325 e. The maximum atomic E-state index is 11.5. The average Bonchev–Trinajstić information content (AvgIpc) is 2.91. The van der Waals surface area contributed by atoms with Crippen LogP contribution < -0.4 is 10.6 Å². The first-order valence-electron chi connectivity index (χ1n) is 5.36. The Morgan fingerprint density at radius 3 is 2.50 bits per heavy atom. The van der Waals surface area contributed by atoms with Crippen LogP contribution in [0.4, 0.5) is 5.00 Å². The Hall–Kier alpha value is -2.42. The van der Waals surface area contributed by atoms with Crippen LogP contribution in [0.5, 0.6) is 0 Å². The van der Waals surface area contributed by atoms with Gasteiger partial charge in [0.25, 0.3) is 0 Å². The quantitative estimate of drug-likeness (QED) is 0.312. The Morgan fingerprint density at radius 1 is 1.20 bits per heavy atom. The van der Waals surface area contributed by atoms with Crippen molar-refractivity contribution in [2.24, 2.45) is 0 Å². The molecule has 0 radical (unpaired) electrons. The van der Waals surface area contributed by atoms with Crippen LogP contribution in [-0.4, -0.2) is 44.4 Å². The number of methoxy groups -OCH3 is 2. The van der Waals surface area contributed by atoms with Crippen molar-refractivity contribution in [2.75, 3.05) is 26.1 Å². The van der Waals surface area contributed by atoms with Crippen LogP contribution in [0, 0.1) is 5.41 Å². The summed E-state index contributed by atoms with van der Waals surface area (Å²) in [4.78, 5) is 34.2. The zero-order valence-electron chi connectivity index (χ0n) is 10.8. The zero-order valence-corrected chi connectivity index (χ0v) is 11.6. The van der Waals surface area contributed by atoms with Gasteiger partial charge >= 0.3 is 17.8 Å². The maximum Gasteiger partial charge on any atom is 0.325 e. The first-order valence-corrected chi connectivity index (χ1v) is 6.18. The molecule has 0 aromatic carbocycles. The van der Waals surface area contributed by atoms with Gasteiger partial charge in [0.15, 0.2) is 0 Å². The molecule has 0 atom stereocenters. The molecule has 0 spiro atoms. The molecular weight excluding hydrogens is 286 g/mol. The lowest BCUT2D eigenvalue weighted by Crippen LogP contribution is -2.38. The lowest BCUT2D eigenvalue weighted by atomic mass is 10.4. The summed E-state index contributed by atoms with van der Waals surface area (Å²) in [7, 11) is 2.53. The minimum absolute atomic E-state index is 0.0364. The third-order valence-electron chi connectivity index (χ3n) is 2.10. The van der Waals surface area contributed by atoms with Crippen LogP contribution in [0.1, 0.15) is 4.88 Å². The highest BCUT2D eigenvalue weighted by molar-refractivity contribution is 7.18. The number of nitrogens with one attached hydrogen (secondary N) is 3. The van der Waals surface area contributed by atoms with Gasteiger partial charge in [-0.05, 0) is 12.1 Å². The molecule has 1 rings (SSSR count). The van der Waals surface area contributed by atoms with Crippen LogP contribution >= 0.6 is 11.3 Å². The molecule has 0 aliphatic carbocycles. The molecule has 1 aromatic heterocycles. The summed E-state index contributed by atoms with van der Waals surface area (Å²) in [5.74, 6) is -2.55. The molecule has 0 fully saturated rings. The summed E-state index contributed by atoms with van der Waals surface area (Å²) in [6.45, 7) is -0.382. The monoisotopic (exact) mass is 299 g/mol. The summed E-state index contributed by atoms with van der Waals surface area (Å²) in [6.07, 6.45) is 0. The fourth-order valence-corrected chi connectivity index (χ4v) is 1.93. The predicted octanol–water partition coefficient (Wildman–Crippen LogP) is -0.0524. The molecule has 3 N–H and O–H groups in total. The van der Waals surface area contributed by atoms with E-state index in [1.807, 2.05) is 0 Å². The summed E-state index contributed by atoms with van der Waals surface area (Å²) in [5, 5.41) is 12.3. The van der Waals surface area contributed by atoms with E-state index in [0.717, 1.165) is 11.3 Å². The summed E-state index contributed by atoms with van der Waals surface area (Å²) in [6, 6.07) is 3.12. The number of thiophene rings is 1. The fraction of sp³-hybridized carbons (Fsp3) is 0.273. The Labute approximate surface area is 118 Å². The van der Waals surface area contributed by atoms with Gasteiger partial charge < -0.3 is 20.1 Å². The number of rotatable bonds is 4. The van der Waals surface area contributed by atoms with Gasteiger partial charge in [-0.2, -0.15) is 0 Å². The summed E-state index contributed by atoms with van der Waals surface area (Å²) >= 11 is 1.09. The second-order valence-electron chi connectivity index (χ2n) is 3.41. The fourth-order valence-electron chi connectivity index (χ4n) is 1.10. The van der Waals surface area contributed by atoms with Crippen molar-refractivity contribution >= 4 is 40.0 Å².